The molecule has 2 aromatic carbocycles. The van der Waals surface area contributed by atoms with E-state index in [9.17, 15) is 18.4 Å². The smallest absolute Gasteiger partial charge is 0.159 e. The molecule has 0 atom stereocenters. The maximum Gasteiger partial charge on any atom is 0.159 e. The number of halogens is 6. The lowest BCUT2D eigenvalue weighted by atomic mass is 10.1. The van der Waals surface area contributed by atoms with Crippen LogP contribution < -0.4 is 0 Å². The van der Waals surface area contributed by atoms with Crippen LogP contribution in [0.15, 0.2) is 40.9 Å². The van der Waals surface area contributed by atoms with Crippen LogP contribution in [0.4, 0.5) is 8.78 Å². The molecule has 2 rings (SSSR count). The highest BCUT2D eigenvalue weighted by atomic mass is 127. The molecule has 3 nitrogen and oxygen atoms in total. The van der Waals surface area contributed by atoms with E-state index in [0.717, 1.165) is 6.07 Å². The molecule has 0 fully saturated rings. The lowest BCUT2D eigenvalue weighted by Gasteiger charge is -1.96. The molecular formula is C19H17BrF2I3NO2. The Balaban J connectivity index is 0. The van der Waals surface area contributed by atoms with Crippen molar-refractivity contribution in [3.63, 3.8) is 0 Å². The predicted molar refractivity (Wildman–Crippen MR) is 138 cm³/mol. The van der Waals surface area contributed by atoms with Crippen molar-refractivity contribution in [2.75, 3.05) is 7.36 Å². The van der Waals surface area contributed by atoms with E-state index in [2.05, 4.69) is 83.7 Å². The number of ketones is 2. The largest absolute Gasteiger partial charge is 0.295 e. The van der Waals surface area contributed by atoms with Gasteiger partial charge in [0, 0.05) is 11.1 Å². The number of rotatable bonds is 2. The number of alkyl halides is 3. The highest BCUT2D eigenvalue weighted by Gasteiger charge is 2.05. The number of carbonyl (C=O) groups excluding carboxylic acids is 2. The second-order valence-electron chi connectivity index (χ2n) is 4.65. The van der Waals surface area contributed by atoms with Gasteiger partial charge in [-0.05, 0) is 65.0 Å². The average molecular weight is 790 g/mol. The van der Waals surface area contributed by atoms with Gasteiger partial charge in [-0.25, -0.2) is 8.78 Å². The number of carbonyl (C=O) groups is 2. The summed E-state index contributed by atoms with van der Waals surface area (Å²) in [6, 6.07) is 9.79. The van der Waals surface area contributed by atoms with Crippen LogP contribution in [0.1, 0.15) is 40.1 Å². The fourth-order valence-electron chi connectivity index (χ4n) is 1.54. The molecule has 0 aliphatic carbocycles. The van der Waals surface area contributed by atoms with Crippen molar-refractivity contribution in [3.05, 3.63) is 69.2 Å². The second kappa shape index (κ2) is 17.6. The Hall–Kier alpha value is -0.200. The van der Waals surface area contributed by atoms with E-state index >= 15 is 0 Å². The molecule has 152 valence electrons. The molecule has 0 radical (unpaired) electrons. The van der Waals surface area contributed by atoms with Crippen LogP contribution >= 0.6 is 83.7 Å². The van der Waals surface area contributed by atoms with Crippen molar-refractivity contribution in [1.29, 1.82) is 5.26 Å². The van der Waals surface area contributed by atoms with Crippen LogP contribution in [-0.2, 0) is 0 Å². The Morgan fingerprint density at radius 1 is 0.964 bits per heavy atom. The fraction of sp³-hybridized carbons (Fsp3) is 0.211. The zero-order valence-electron chi connectivity index (χ0n) is 15.2. The number of hydrogen-bond donors (Lipinski definition) is 0. The molecule has 2 aromatic rings. The van der Waals surface area contributed by atoms with E-state index in [1.54, 1.807) is 12.1 Å². The predicted octanol–water partition coefficient (Wildman–Crippen LogP) is 7.56. The molecule has 0 aromatic heterocycles. The summed E-state index contributed by atoms with van der Waals surface area (Å²) in [5.41, 5.74) is 0.636. The molecule has 0 heterocycles. The summed E-state index contributed by atoms with van der Waals surface area (Å²) in [6.07, 6.45) is 0. The van der Waals surface area contributed by atoms with E-state index in [1.165, 1.54) is 40.5 Å². The Morgan fingerprint density at radius 3 is 1.68 bits per heavy atom. The average Bonchev–Trinajstić information content (AvgIpc) is 2.66. The van der Waals surface area contributed by atoms with Gasteiger partial charge in [0.2, 0.25) is 0 Å². The summed E-state index contributed by atoms with van der Waals surface area (Å²) < 4.78 is 27.1. The molecule has 0 saturated carbocycles. The minimum absolute atomic E-state index is 0.0417. The topological polar surface area (TPSA) is 57.9 Å². The van der Waals surface area contributed by atoms with E-state index in [4.69, 9.17) is 5.26 Å². The third-order valence-corrected chi connectivity index (χ3v) is 3.47. The van der Waals surface area contributed by atoms with Crippen molar-refractivity contribution < 1.29 is 18.4 Å². The van der Waals surface area contributed by atoms with Gasteiger partial charge in [0.1, 0.15) is 17.7 Å². The number of benzene rings is 2. The second-order valence-corrected chi connectivity index (χ2v) is 9.95. The standard InChI is InChI=1S/C9H6FNO.C8H6BrFO.CH2I2.CH3I/c1-6(12)7-2-3-8(5-11)9(10)4-7;1-5(11)6-2-3-7(9)8(10)4-6;2-1-3;1-2/h2-4H,1H3;2-4H,1H3;1H2;1H3. The van der Waals surface area contributed by atoms with Crippen LogP contribution in [0.5, 0.6) is 0 Å². The highest BCUT2D eigenvalue weighted by Crippen LogP contribution is 2.16. The van der Waals surface area contributed by atoms with Crippen LogP contribution in [0, 0.1) is 23.0 Å². The summed E-state index contributed by atoms with van der Waals surface area (Å²) in [6.45, 7) is 2.75. The molecule has 0 aliphatic rings. The molecule has 0 spiro atoms. The number of nitriles is 1. The monoisotopic (exact) mass is 789 g/mol. The van der Waals surface area contributed by atoms with Crippen molar-refractivity contribution in [2.24, 2.45) is 0 Å². The SMILES string of the molecule is CC(=O)c1ccc(Br)c(F)c1.CC(=O)c1ccc(C#N)c(F)c1.CI.ICI. The number of nitrogens with zero attached hydrogens (tertiary/aromatic N) is 1. The van der Waals surface area contributed by atoms with Crippen molar-refractivity contribution in [2.45, 2.75) is 13.8 Å². The first kappa shape index (κ1) is 30.0. The van der Waals surface area contributed by atoms with Crippen molar-refractivity contribution >= 4 is 95.3 Å². The molecule has 0 aliphatic heterocycles. The van der Waals surface area contributed by atoms with Gasteiger partial charge in [-0.2, -0.15) is 5.26 Å². The van der Waals surface area contributed by atoms with Gasteiger partial charge in [0.15, 0.2) is 11.6 Å². The maximum atomic E-state index is 12.8. The number of hydrogen-bond acceptors (Lipinski definition) is 3. The Bertz CT molecular complexity index is 827. The van der Waals surface area contributed by atoms with Gasteiger partial charge in [-0.1, -0.05) is 73.8 Å². The Morgan fingerprint density at radius 2 is 1.36 bits per heavy atom. The summed E-state index contributed by atoms with van der Waals surface area (Å²) in [5.74, 6) is -1.39. The first-order valence-electron chi connectivity index (χ1n) is 7.34. The molecule has 0 saturated heterocycles. The van der Waals surface area contributed by atoms with E-state index in [-0.39, 0.29) is 22.7 Å². The quantitative estimate of drug-likeness (QED) is 0.180. The van der Waals surface area contributed by atoms with Crippen LogP contribution in [0.3, 0.4) is 0 Å². The molecule has 28 heavy (non-hydrogen) atoms. The lowest BCUT2D eigenvalue weighted by molar-refractivity contribution is 0.100. The molecule has 0 amide bonds. The van der Waals surface area contributed by atoms with Crippen molar-refractivity contribution in [3.8, 4) is 6.07 Å². The Labute approximate surface area is 213 Å². The van der Waals surface area contributed by atoms with Gasteiger partial charge in [0.25, 0.3) is 0 Å². The van der Waals surface area contributed by atoms with Crippen LogP contribution in [0.2, 0.25) is 0 Å². The molecule has 0 N–H and O–H groups in total. The first-order valence-corrected chi connectivity index (χ1v) is 13.3. The Kier molecular flexibility index (Phi) is 18.9. The van der Waals surface area contributed by atoms with Gasteiger partial charge < -0.3 is 0 Å². The zero-order chi connectivity index (χ0) is 22.3. The molecule has 0 unspecified atom stereocenters. The van der Waals surface area contributed by atoms with Crippen LogP contribution in [-0.4, -0.2) is 18.9 Å². The molecule has 0 bridgehead atoms. The third kappa shape index (κ3) is 12.4. The van der Waals surface area contributed by atoms with E-state index < -0.39 is 11.6 Å². The van der Waals surface area contributed by atoms with Crippen molar-refractivity contribution in [1.82, 2.24) is 0 Å². The van der Waals surface area contributed by atoms with E-state index in [0.29, 0.717) is 10.0 Å². The van der Waals surface area contributed by atoms with Gasteiger partial charge in [-0.3, -0.25) is 9.59 Å². The normalized spacial score (nSPS) is 8.57. The zero-order valence-corrected chi connectivity index (χ0v) is 23.3. The summed E-state index contributed by atoms with van der Waals surface area (Å²) in [7, 11) is 0. The molecular weight excluding hydrogens is 773 g/mol. The summed E-state index contributed by atoms with van der Waals surface area (Å²) >= 11 is 9.69. The maximum absolute atomic E-state index is 12.8. The number of Topliss-reactive ketones (excluding diaryl/α,β-unsaturated/α-hetero) is 2. The summed E-state index contributed by atoms with van der Waals surface area (Å²) in [5, 5.41) is 8.37. The van der Waals surface area contributed by atoms with Crippen LogP contribution in [0.25, 0.3) is 0 Å². The molecule has 9 heteroatoms. The first-order chi connectivity index (χ1) is 13.2. The third-order valence-electron chi connectivity index (χ3n) is 2.82. The van der Waals surface area contributed by atoms with Gasteiger partial charge in [-0.15, -0.1) is 0 Å². The lowest BCUT2D eigenvalue weighted by Crippen LogP contribution is -1.94. The van der Waals surface area contributed by atoms with Gasteiger partial charge in [0.05, 0.1) is 12.5 Å². The van der Waals surface area contributed by atoms with Gasteiger partial charge >= 0.3 is 0 Å². The highest BCUT2D eigenvalue weighted by molar-refractivity contribution is 14.2. The van der Waals surface area contributed by atoms with E-state index in [1.807, 2.05) is 4.93 Å². The fourth-order valence-corrected chi connectivity index (χ4v) is 1.79. The summed E-state index contributed by atoms with van der Waals surface area (Å²) in [4.78, 5) is 23.4. The minimum Gasteiger partial charge on any atom is -0.295 e. The minimum atomic E-state index is -0.648.